The van der Waals surface area contributed by atoms with Gasteiger partial charge in [-0.25, -0.2) is 4.79 Å². The number of nitro benzene ring substituents is 1. The molecule has 0 saturated carbocycles. The smallest absolute Gasteiger partial charge is 0.336 e. The second kappa shape index (κ2) is 8.39. The number of ether oxygens (including phenoxy) is 2. The van der Waals surface area contributed by atoms with Crippen molar-refractivity contribution in [3.05, 3.63) is 51.2 Å². The van der Waals surface area contributed by atoms with Crippen LogP contribution in [-0.4, -0.2) is 36.9 Å². The third-order valence-corrected chi connectivity index (χ3v) is 3.91. The number of methoxy groups -OCH3 is 1. The van der Waals surface area contributed by atoms with E-state index in [1.807, 2.05) is 6.92 Å². The van der Waals surface area contributed by atoms with E-state index in [0.717, 1.165) is 0 Å². The van der Waals surface area contributed by atoms with Gasteiger partial charge in [0.05, 0.1) is 28.7 Å². The summed E-state index contributed by atoms with van der Waals surface area (Å²) in [6.45, 7) is 4.07. The van der Waals surface area contributed by atoms with Crippen molar-refractivity contribution in [1.82, 2.24) is 5.43 Å². The fourth-order valence-electron chi connectivity index (χ4n) is 2.69. The highest BCUT2D eigenvalue weighted by Crippen LogP contribution is 2.34. The minimum atomic E-state index is -0.487. The molecule has 0 radical (unpaired) electrons. The monoisotopic (exact) mass is 347 g/mol. The molecule has 1 heterocycles. The number of nitro groups is 1. The lowest BCUT2D eigenvalue weighted by atomic mass is 9.83. The molecule has 1 atom stereocenters. The summed E-state index contributed by atoms with van der Waals surface area (Å²) in [7, 11) is 1.52. The van der Waals surface area contributed by atoms with E-state index >= 15 is 0 Å². The Morgan fingerprint density at radius 2 is 2.16 bits per heavy atom. The molecule has 25 heavy (non-hydrogen) atoms. The SMILES string of the molecule is CCC1=NNC(C)=C(C(=O)OCCOC)C1c1cccc([N+](=O)[O-])c1. The zero-order valence-corrected chi connectivity index (χ0v) is 14.4. The molecule has 0 aromatic heterocycles. The van der Waals surface area contributed by atoms with E-state index in [-0.39, 0.29) is 12.3 Å². The summed E-state index contributed by atoms with van der Waals surface area (Å²) >= 11 is 0. The first-order valence-electron chi connectivity index (χ1n) is 7.93. The largest absolute Gasteiger partial charge is 0.460 e. The van der Waals surface area contributed by atoms with E-state index in [4.69, 9.17) is 9.47 Å². The normalized spacial score (nSPS) is 16.9. The molecule has 0 bridgehead atoms. The first-order valence-corrected chi connectivity index (χ1v) is 7.93. The second-order valence-corrected chi connectivity index (χ2v) is 5.52. The molecule has 1 aromatic rings. The molecule has 0 amide bonds. The van der Waals surface area contributed by atoms with Gasteiger partial charge in [0, 0.05) is 24.9 Å². The Kier molecular flexibility index (Phi) is 6.24. The van der Waals surface area contributed by atoms with Crippen molar-refractivity contribution in [2.75, 3.05) is 20.3 Å². The number of rotatable bonds is 7. The van der Waals surface area contributed by atoms with Gasteiger partial charge in [-0.1, -0.05) is 19.1 Å². The maximum Gasteiger partial charge on any atom is 0.336 e. The number of non-ortho nitro benzene ring substituents is 1. The van der Waals surface area contributed by atoms with Crippen molar-refractivity contribution in [3.8, 4) is 0 Å². The minimum Gasteiger partial charge on any atom is -0.460 e. The van der Waals surface area contributed by atoms with Gasteiger partial charge in [0.2, 0.25) is 0 Å². The van der Waals surface area contributed by atoms with Crippen LogP contribution < -0.4 is 5.43 Å². The quantitative estimate of drug-likeness (QED) is 0.352. The number of benzene rings is 1. The van der Waals surface area contributed by atoms with Gasteiger partial charge in [-0.05, 0) is 18.9 Å². The molecule has 0 aliphatic carbocycles. The molecule has 8 heteroatoms. The number of carbonyl (C=O) groups is 1. The van der Waals surface area contributed by atoms with Crippen molar-refractivity contribution >= 4 is 17.4 Å². The molecule has 1 aromatic carbocycles. The summed E-state index contributed by atoms with van der Waals surface area (Å²) in [4.78, 5) is 23.2. The highest BCUT2D eigenvalue weighted by Gasteiger charge is 2.33. The molecule has 8 nitrogen and oxygen atoms in total. The summed E-state index contributed by atoms with van der Waals surface area (Å²) in [6, 6.07) is 6.24. The molecule has 1 unspecified atom stereocenters. The molecule has 1 aliphatic rings. The van der Waals surface area contributed by atoms with Gasteiger partial charge in [-0.2, -0.15) is 5.10 Å². The van der Waals surface area contributed by atoms with Crippen LogP contribution in [0.3, 0.4) is 0 Å². The first-order chi connectivity index (χ1) is 12.0. The van der Waals surface area contributed by atoms with Crippen LogP contribution in [0, 0.1) is 10.1 Å². The molecular weight excluding hydrogens is 326 g/mol. The Morgan fingerprint density at radius 3 is 2.80 bits per heavy atom. The second-order valence-electron chi connectivity index (χ2n) is 5.52. The van der Waals surface area contributed by atoms with Crippen molar-refractivity contribution < 1.29 is 19.2 Å². The number of hydrogen-bond acceptors (Lipinski definition) is 7. The van der Waals surface area contributed by atoms with Crippen molar-refractivity contribution in [1.29, 1.82) is 0 Å². The maximum absolute atomic E-state index is 12.6. The van der Waals surface area contributed by atoms with Crippen LogP contribution in [0.25, 0.3) is 0 Å². The number of nitrogens with one attached hydrogen (secondary N) is 1. The average molecular weight is 347 g/mol. The first kappa shape index (κ1) is 18.6. The zero-order valence-electron chi connectivity index (χ0n) is 14.4. The van der Waals surface area contributed by atoms with Crippen LogP contribution in [0.15, 0.2) is 40.6 Å². The lowest BCUT2D eigenvalue weighted by Gasteiger charge is -2.27. The van der Waals surface area contributed by atoms with E-state index in [9.17, 15) is 14.9 Å². The standard InChI is InChI=1S/C17H21N3O5/c1-4-14-16(12-6-5-7-13(10-12)20(22)23)15(11(2)18-19-14)17(21)25-9-8-24-3/h5-7,10,16,18H,4,8-9H2,1-3H3. The average Bonchev–Trinajstić information content (AvgIpc) is 2.61. The third kappa shape index (κ3) is 4.21. The van der Waals surface area contributed by atoms with Crippen LogP contribution in [0.2, 0.25) is 0 Å². The van der Waals surface area contributed by atoms with Crippen LogP contribution in [0.4, 0.5) is 5.69 Å². The number of esters is 1. The molecule has 2 rings (SSSR count). The molecule has 1 N–H and O–H groups in total. The molecule has 1 aliphatic heterocycles. The highest BCUT2D eigenvalue weighted by molar-refractivity contribution is 6.04. The van der Waals surface area contributed by atoms with Crippen LogP contribution in [0.1, 0.15) is 31.7 Å². The van der Waals surface area contributed by atoms with E-state index in [0.29, 0.717) is 35.6 Å². The van der Waals surface area contributed by atoms with Gasteiger partial charge in [0.25, 0.3) is 5.69 Å². The predicted octanol–water partition coefficient (Wildman–Crippen LogP) is 2.51. The molecule has 0 spiro atoms. The van der Waals surface area contributed by atoms with Gasteiger partial charge < -0.3 is 9.47 Å². The predicted molar refractivity (Wildman–Crippen MR) is 92.2 cm³/mol. The van der Waals surface area contributed by atoms with Crippen LogP contribution >= 0.6 is 0 Å². The van der Waals surface area contributed by atoms with Crippen molar-refractivity contribution in [3.63, 3.8) is 0 Å². The number of hydrogen-bond donors (Lipinski definition) is 1. The zero-order chi connectivity index (χ0) is 18.4. The summed E-state index contributed by atoms with van der Waals surface area (Å²) < 4.78 is 10.2. The number of allylic oxidation sites excluding steroid dienone is 1. The van der Waals surface area contributed by atoms with Gasteiger partial charge >= 0.3 is 5.97 Å². The topological polar surface area (TPSA) is 103 Å². The fraction of sp³-hybridized carbons (Fsp3) is 0.412. The number of nitrogens with zero attached hydrogens (tertiary/aromatic N) is 2. The van der Waals surface area contributed by atoms with Gasteiger partial charge in [-0.15, -0.1) is 0 Å². The molecule has 134 valence electrons. The molecular formula is C17H21N3O5. The summed E-state index contributed by atoms with van der Waals surface area (Å²) in [6.07, 6.45) is 0.586. The van der Waals surface area contributed by atoms with Gasteiger partial charge in [-0.3, -0.25) is 15.5 Å². The minimum absolute atomic E-state index is 0.0313. The Bertz CT molecular complexity index is 727. The fourth-order valence-corrected chi connectivity index (χ4v) is 2.69. The van der Waals surface area contributed by atoms with E-state index < -0.39 is 16.8 Å². The Morgan fingerprint density at radius 1 is 1.40 bits per heavy atom. The highest BCUT2D eigenvalue weighted by atomic mass is 16.6. The lowest BCUT2D eigenvalue weighted by molar-refractivity contribution is -0.384. The summed E-state index contributed by atoms with van der Waals surface area (Å²) in [5.41, 5.74) is 5.13. The Hall–Kier alpha value is -2.74. The summed E-state index contributed by atoms with van der Waals surface area (Å²) in [5.74, 6) is -0.972. The van der Waals surface area contributed by atoms with Crippen LogP contribution in [0.5, 0.6) is 0 Å². The van der Waals surface area contributed by atoms with Crippen LogP contribution in [-0.2, 0) is 14.3 Å². The summed E-state index contributed by atoms with van der Waals surface area (Å²) in [5, 5.41) is 15.4. The molecule has 0 saturated heterocycles. The van der Waals surface area contributed by atoms with E-state index in [1.165, 1.54) is 19.2 Å². The number of hydrazone groups is 1. The number of carbonyl (C=O) groups excluding carboxylic acids is 1. The van der Waals surface area contributed by atoms with Crippen molar-refractivity contribution in [2.24, 2.45) is 5.10 Å². The molecule has 0 fully saturated rings. The third-order valence-electron chi connectivity index (χ3n) is 3.91. The van der Waals surface area contributed by atoms with E-state index in [2.05, 4.69) is 10.5 Å². The van der Waals surface area contributed by atoms with Gasteiger partial charge in [0.15, 0.2) is 0 Å². The Labute approximate surface area is 145 Å². The van der Waals surface area contributed by atoms with Gasteiger partial charge in [0.1, 0.15) is 6.61 Å². The van der Waals surface area contributed by atoms with Crippen molar-refractivity contribution in [2.45, 2.75) is 26.2 Å². The van der Waals surface area contributed by atoms with E-state index in [1.54, 1.807) is 19.1 Å². The lowest BCUT2D eigenvalue weighted by Crippen LogP contribution is -2.31. The Balaban J connectivity index is 2.42. The maximum atomic E-state index is 12.6.